The number of thiazole rings is 1. The average Bonchev–Trinajstić information content (AvgIpc) is 3.39. The number of carbonyl (C=O) groups excluding carboxylic acids is 2. The first kappa shape index (κ1) is 21.6. The Labute approximate surface area is 199 Å². The van der Waals surface area contributed by atoms with Crippen LogP contribution in [0.1, 0.15) is 24.3 Å². The second kappa shape index (κ2) is 8.96. The minimum atomic E-state index is -0.663. The fourth-order valence-electron chi connectivity index (χ4n) is 3.94. The van der Waals surface area contributed by atoms with Crippen LogP contribution in [0.5, 0.6) is 5.75 Å². The number of benzene rings is 2. The van der Waals surface area contributed by atoms with Gasteiger partial charge in [0.05, 0.1) is 16.8 Å². The first-order valence-electron chi connectivity index (χ1n) is 10.8. The molecule has 33 heavy (non-hydrogen) atoms. The van der Waals surface area contributed by atoms with Crippen LogP contribution in [0.4, 0.5) is 5.00 Å². The van der Waals surface area contributed by atoms with Gasteiger partial charge in [-0.05, 0) is 43.2 Å². The van der Waals surface area contributed by atoms with Crippen molar-refractivity contribution >= 4 is 49.7 Å². The van der Waals surface area contributed by atoms with E-state index in [4.69, 9.17) is 9.72 Å². The van der Waals surface area contributed by atoms with E-state index in [0.29, 0.717) is 18.8 Å². The second-order valence-electron chi connectivity index (χ2n) is 7.95. The summed E-state index contributed by atoms with van der Waals surface area (Å²) >= 11 is 3.14. The number of hydrogen-bond donors (Lipinski definition) is 1. The molecule has 2 amide bonds. The Bertz CT molecular complexity index is 1300. The molecule has 8 heteroatoms. The number of nitrogens with one attached hydrogen (secondary N) is 1. The van der Waals surface area contributed by atoms with Gasteiger partial charge in [0.25, 0.3) is 5.91 Å². The Balaban J connectivity index is 1.49. The van der Waals surface area contributed by atoms with E-state index in [9.17, 15) is 9.59 Å². The average molecular weight is 478 g/mol. The molecule has 0 radical (unpaired) electrons. The highest BCUT2D eigenvalue weighted by molar-refractivity contribution is 7.22. The van der Waals surface area contributed by atoms with Crippen molar-refractivity contribution in [2.24, 2.45) is 0 Å². The molecule has 1 aliphatic rings. The van der Waals surface area contributed by atoms with Crippen molar-refractivity contribution in [1.82, 2.24) is 9.88 Å². The molecular weight excluding hydrogens is 454 g/mol. The smallest absolute Gasteiger partial charge is 0.265 e. The third-order valence-corrected chi connectivity index (χ3v) is 7.86. The van der Waals surface area contributed by atoms with Gasteiger partial charge in [0.2, 0.25) is 5.91 Å². The van der Waals surface area contributed by atoms with Gasteiger partial charge in [-0.1, -0.05) is 30.3 Å². The van der Waals surface area contributed by atoms with Crippen LogP contribution in [-0.2, 0) is 22.6 Å². The predicted molar refractivity (Wildman–Crippen MR) is 133 cm³/mol. The van der Waals surface area contributed by atoms with Crippen LogP contribution in [0, 0.1) is 0 Å². The topological polar surface area (TPSA) is 71.5 Å². The third kappa shape index (κ3) is 4.36. The van der Waals surface area contributed by atoms with Crippen LogP contribution in [-0.4, -0.2) is 34.3 Å². The lowest BCUT2D eigenvalue weighted by molar-refractivity contribution is -0.129. The maximum Gasteiger partial charge on any atom is 0.265 e. The lowest BCUT2D eigenvalue weighted by Gasteiger charge is -2.26. The van der Waals surface area contributed by atoms with Crippen LogP contribution >= 0.6 is 22.7 Å². The molecule has 0 saturated carbocycles. The second-order valence-corrected chi connectivity index (χ2v) is 10.1. The van der Waals surface area contributed by atoms with Crippen LogP contribution in [0.2, 0.25) is 0 Å². The number of thiophene rings is 1. The number of ether oxygens (including phenoxy) is 1. The molecule has 2 aromatic carbocycles. The lowest BCUT2D eigenvalue weighted by atomic mass is 10.0. The van der Waals surface area contributed by atoms with E-state index in [1.54, 1.807) is 25.2 Å². The van der Waals surface area contributed by atoms with Gasteiger partial charge < -0.3 is 15.0 Å². The van der Waals surface area contributed by atoms with Gasteiger partial charge in [-0.25, -0.2) is 4.98 Å². The number of rotatable bonds is 5. The first-order chi connectivity index (χ1) is 16.0. The van der Waals surface area contributed by atoms with Crippen molar-refractivity contribution in [3.8, 4) is 16.3 Å². The van der Waals surface area contributed by atoms with Gasteiger partial charge in [-0.2, -0.15) is 0 Å². The van der Waals surface area contributed by atoms with Crippen molar-refractivity contribution in [3.63, 3.8) is 0 Å². The molecule has 1 atom stereocenters. The maximum absolute atomic E-state index is 13.0. The van der Waals surface area contributed by atoms with Gasteiger partial charge >= 0.3 is 0 Å². The minimum Gasteiger partial charge on any atom is -0.481 e. The van der Waals surface area contributed by atoms with Crippen LogP contribution in [0.25, 0.3) is 20.8 Å². The summed E-state index contributed by atoms with van der Waals surface area (Å²) in [6, 6.07) is 17.4. The molecule has 1 aliphatic heterocycles. The zero-order valence-electron chi connectivity index (χ0n) is 18.3. The minimum absolute atomic E-state index is 0.0612. The Kier molecular flexibility index (Phi) is 5.86. The SMILES string of the molecule is CC(=O)N1CCc2c(sc(NC(=O)C(C)Oc3ccccc3)c2-c2nc3ccccc3s2)C1. The number of aromatic nitrogens is 1. The molecule has 168 valence electrons. The summed E-state index contributed by atoms with van der Waals surface area (Å²) in [7, 11) is 0. The Hall–Kier alpha value is -3.23. The Morgan fingerprint density at radius 1 is 1.09 bits per heavy atom. The van der Waals surface area contributed by atoms with Crippen molar-refractivity contribution in [2.45, 2.75) is 32.9 Å². The summed E-state index contributed by atoms with van der Waals surface area (Å²) in [5, 5.41) is 4.74. The van der Waals surface area contributed by atoms with E-state index in [1.807, 2.05) is 53.4 Å². The number of fused-ring (bicyclic) bond motifs is 2. The highest BCUT2D eigenvalue weighted by Gasteiger charge is 2.29. The number of para-hydroxylation sites is 2. The molecule has 2 aromatic heterocycles. The molecule has 5 rings (SSSR count). The monoisotopic (exact) mass is 477 g/mol. The van der Waals surface area contributed by atoms with E-state index in [-0.39, 0.29) is 11.8 Å². The molecule has 4 aromatic rings. The molecule has 6 nitrogen and oxygen atoms in total. The number of nitrogens with zero attached hydrogens (tertiary/aromatic N) is 2. The summed E-state index contributed by atoms with van der Waals surface area (Å²) in [4.78, 5) is 32.8. The number of carbonyl (C=O) groups is 2. The van der Waals surface area contributed by atoms with Crippen molar-refractivity contribution in [2.75, 3.05) is 11.9 Å². The summed E-state index contributed by atoms with van der Waals surface area (Å²) in [5.74, 6) is 0.489. The highest BCUT2D eigenvalue weighted by Crippen LogP contribution is 2.45. The van der Waals surface area contributed by atoms with Crippen LogP contribution < -0.4 is 10.1 Å². The predicted octanol–water partition coefficient (Wildman–Crippen LogP) is 5.34. The molecule has 0 saturated heterocycles. The fraction of sp³-hybridized carbons (Fsp3) is 0.240. The number of anilines is 1. The summed E-state index contributed by atoms with van der Waals surface area (Å²) in [5.41, 5.74) is 3.08. The molecular formula is C25H23N3O3S2. The van der Waals surface area contributed by atoms with Crippen molar-refractivity contribution < 1.29 is 14.3 Å². The van der Waals surface area contributed by atoms with E-state index in [2.05, 4.69) is 11.4 Å². The number of amides is 2. The molecule has 1 unspecified atom stereocenters. The van der Waals surface area contributed by atoms with E-state index in [1.165, 1.54) is 16.9 Å². The molecule has 0 fully saturated rings. The fourth-order valence-corrected chi connectivity index (χ4v) is 6.31. The van der Waals surface area contributed by atoms with E-state index < -0.39 is 6.10 Å². The van der Waals surface area contributed by atoms with Gasteiger partial charge in [0.15, 0.2) is 6.10 Å². The van der Waals surface area contributed by atoms with Crippen LogP contribution in [0.15, 0.2) is 54.6 Å². The molecule has 0 aliphatic carbocycles. The van der Waals surface area contributed by atoms with Crippen molar-refractivity contribution in [1.29, 1.82) is 0 Å². The highest BCUT2D eigenvalue weighted by atomic mass is 32.1. The summed E-state index contributed by atoms with van der Waals surface area (Å²) in [6.45, 7) is 4.56. The standard InChI is InChI=1S/C25H23N3O3S2/c1-15(31-17-8-4-3-5-9-17)23(30)27-25-22(24-26-19-10-6-7-11-20(19)32-24)18-12-13-28(16(2)29)14-21(18)33-25/h3-11,15H,12-14H2,1-2H3,(H,27,30). The number of hydrogen-bond acceptors (Lipinski definition) is 6. The van der Waals surface area contributed by atoms with Crippen molar-refractivity contribution in [3.05, 3.63) is 65.0 Å². The van der Waals surface area contributed by atoms with E-state index >= 15 is 0 Å². The third-order valence-electron chi connectivity index (χ3n) is 5.67. The lowest BCUT2D eigenvalue weighted by Crippen LogP contribution is -2.33. The zero-order valence-corrected chi connectivity index (χ0v) is 20.0. The summed E-state index contributed by atoms with van der Waals surface area (Å²) in [6.07, 6.45) is 0.0752. The quantitative estimate of drug-likeness (QED) is 0.421. The zero-order chi connectivity index (χ0) is 22.9. The van der Waals surface area contributed by atoms with E-state index in [0.717, 1.165) is 37.1 Å². The van der Waals surface area contributed by atoms with Gasteiger partial charge in [-0.3, -0.25) is 9.59 Å². The van der Waals surface area contributed by atoms with Gasteiger partial charge in [0, 0.05) is 23.9 Å². The van der Waals surface area contributed by atoms with Gasteiger partial charge in [-0.15, -0.1) is 22.7 Å². The van der Waals surface area contributed by atoms with Crippen LogP contribution in [0.3, 0.4) is 0 Å². The largest absolute Gasteiger partial charge is 0.481 e. The summed E-state index contributed by atoms with van der Waals surface area (Å²) < 4.78 is 6.92. The molecule has 3 heterocycles. The maximum atomic E-state index is 13.0. The molecule has 0 bridgehead atoms. The first-order valence-corrected chi connectivity index (χ1v) is 12.4. The molecule has 0 spiro atoms. The molecule has 1 N–H and O–H groups in total. The van der Waals surface area contributed by atoms with Gasteiger partial charge in [0.1, 0.15) is 15.8 Å². The normalized spacial score (nSPS) is 14.1. The Morgan fingerprint density at radius 3 is 2.61 bits per heavy atom. The Morgan fingerprint density at radius 2 is 1.85 bits per heavy atom.